The summed E-state index contributed by atoms with van der Waals surface area (Å²) in [7, 11) is 0. The molecular formula is C19H19FN2O3S. The molecule has 1 unspecified atom stereocenters. The van der Waals surface area contributed by atoms with E-state index in [-0.39, 0.29) is 24.0 Å². The summed E-state index contributed by atoms with van der Waals surface area (Å²) in [5.74, 6) is -0.813. The van der Waals surface area contributed by atoms with E-state index < -0.39 is 5.97 Å². The molecule has 0 N–H and O–H groups in total. The van der Waals surface area contributed by atoms with Gasteiger partial charge in [0.05, 0.1) is 17.8 Å². The van der Waals surface area contributed by atoms with Gasteiger partial charge in [-0.3, -0.25) is 14.2 Å². The molecule has 1 atom stereocenters. The lowest BCUT2D eigenvalue weighted by molar-refractivity contribution is -0.149. The smallest absolute Gasteiger partial charge is 0.326 e. The average Bonchev–Trinajstić information content (AvgIpc) is 2.95. The zero-order valence-corrected chi connectivity index (χ0v) is 15.6. The van der Waals surface area contributed by atoms with E-state index in [1.807, 2.05) is 13.8 Å². The number of hydrogen-bond acceptors (Lipinski definition) is 5. The molecule has 136 valence electrons. The van der Waals surface area contributed by atoms with Crippen LogP contribution in [-0.4, -0.2) is 21.6 Å². The molecule has 26 heavy (non-hydrogen) atoms. The lowest BCUT2D eigenvalue weighted by Gasteiger charge is -2.11. The number of ether oxygens (including phenoxy) is 1. The normalized spacial score (nSPS) is 12.3. The third kappa shape index (κ3) is 3.53. The minimum atomic E-state index is -0.474. The number of rotatable bonds is 5. The first-order valence-corrected chi connectivity index (χ1v) is 9.16. The first kappa shape index (κ1) is 18.3. The van der Waals surface area contributed by atoms with Crippen LogP contribution in [0.4, 0.5) is 4.39 Å². The second kappa shape index (κ2) is 7.37. The molecule has 3 aromatic rings. The molecule has 0 saturated carbocycles. The molecule has 0 aliphatic carbocycles. The molecule has 0 fully saturated rings. The van der Waals surface area contributed by atoms with E-state index >= 15 is 0 Å². The second-order valence-corrected chi connectivity index (χ2v) is 7.31. The highest BCUT2D eigenvalue weighted by Crippen LogP contribution is 2.35. The van der Waals surface area contributed by atoms with Crippen LogP contribution in [0.3, 0.4) is 0 Å². The van der Waals surface area contributed by atoms with Gasteiger partial charge in [0.1, 0.15) is 17.2 Å². The summed E-state index contributed by atoms with van der Waals surface area (Å²) in [5.41, 5.74) is 1.17. The highest BCUT2D eigenvalue weighted by molar-refractivity contribution is 7.19. The fourth-order valence-electron chi connectivity index (χ4n) is 2.70. The van der Waals surface area contributed by atoms with E-state index in [2.05, 4.69) is 4.98 Å². The molecule has 0 saturated heterocycles. The van der Waals surface area contributed by atoms with Crippen LogP contribution in [-0.2, 0) is 16.1 Å². The number of fused-ring (bicyclic) bond motifs is 1. The van der Waals surface area contributed by atoms with E-state index in [0.717, 1.165) is 16.0 Å². The maximum atomic E-state index is 13.2. The van der Waals surface area contributed by atoms with Crippen molar-refractivity contribution < 1.29 is 13.9 Å². The maximum Gasteiger partial charge on any atom is 0.326 e. The Bertz CT molecular complexity index is 1010. The Morgan fingerprint density at radius 1 is 1.35 bits per heavy atom. The zero-order chi connectivity index (χ0) is 18.8. The van der Waals surface area contributed by atoms with Crippen molar-refractivity contribution in [3.05, 3.63) is 51.6 Å². The van der Waals surface area contributed by atoms with Gasteiger partial charge in [0, 0.05) is 10.4 Å². The monoisotopic (exact) mass is 374 g/mol. The van der Waals surface area contributed by atoms with Gasteiger partial charge >= 0.3 is 5.97 Å². The second-order valence-electron chi connectivity index (χ2n) is 6.11. The molecule has 0 aliphatic rings. The highest BCUT2D eigenvalue weighted by atomic mass is 32.1. The Morgan fingerprint density at radius 2 is 2.04 bits per heavy atom. The standard InChI is InChI=1S/C19H19FN2O3S/c1-4-11(2)25-15(23)9-22-10-21-18-17(19(22)24)16(12(3)26-18)13-5-7-14(20)8-6-13/h5-8,10-11H,4,9H2,1-3H3. The molecule has 2 heterocycles. The molecule has 0 spiro atoms. The molecule has 5 nitrogen and oxygen atoms in total. The van der Waals surface area contributed by atoms with E-state index in [9.17, 15) is 14.0 Å². The first-order chi connectivity index (χ1) is 12.4. The number of hydrogen-bond donors (Lipinski definition) is 0. The molecule has 0 bridgehead atoms. The van der Waals surface area contributed by atoms with Crippen LogP contribution in [0.5, 0.6) is 0 Å². The van der Waals surface area contributed by atoms with Crippen molar-refractivity contribution >= 4 is 27.5 Å². The van der Waals surface area contributed by atoms with Crippen molar-refractivity contribution in [3.63, 3.8) is 0 Å². The molecule has 7 heteroatoms. The fraction of sp³-hybridized carbons (Fsp3) is 0.316. The Hall–Kier alpha value is -2.54. The van der Waals surface area contributed by atoms with Crippen molar-refractivity contribution in [2.45, 2.75) is 39.8 Å². The Kier molecular flexibility index (Phi) is 5.18. The topological polar surface area (TPSA) is 61.2 Å². The summed E-state index contributed by atoms with van der Waals surface area (Å²) in [4.78, 5) is 30.8. The maximum absolute atomic E-state index is 13.2. The third-order valence-corrected chi connectivity index (χ3v) is 5.21. The van der Waals surface area contributed by atoms with Crippen LogP contribution in [0.25, 0.3) is 21.3 Å². The summed E-state index contributed by atoms with van der Waals surface area (Å²) in [6.07, 6.45) is 1.87. The van der Waals surface area contributed by atoms with Crippen LogP contribution < -0.4 is 5.56 Å². The van der Waals surface area contributed by atoms with Crippen LogP contribution in [0, 0.1) is 12.7 Å². The number of esters is 1. The zero-order valence-electron chi connectivity index (χ0n) is 14.8. The summed E-state index contributed by atoms with van der Waals surface area (Å²) < 4.78 is 19.7. The molecule has 3 rings (SSSR count). The van der Waals surface area contributed by atoms with Crippen molar-refractivity contribution in [2.75, 3.05) is 0 Å². The first-order valence-electron chi connectivity index (χ1n) is 8.34. The van der Waals surface area contributed by atoms with E-state index in [1.165, 1.54) is 34.4 Å². The molecule has 0 amide bonds. The number of aryl methyl sites for hydroxylation is 1. The van der Waals surface area contributed by atoms with Gasteiger partial charge in [-0.25, -0.2) is 9.37 Å². The summed E-state index contributed by atoms with van der Waals surface area (Å²) >= 11 is 1.40. The van der Waals surface area contributed by atoms with Gasteiger partial charge in [0.25, 0.3) is 5.56 Å². The predicted molar refractivity (Wildman–Crippen MR) is 99.9 cm³/mol. The predicted octanol–water partition coefficient (Wildman–Crippen LogP) is 3.91. The summed E-state index contributed by atoms with van der Waals surface area (Å²) in [6, 6.07) is 5.99. The lowest BCUT2D eigenvalue weighted by Crippen LogP contribution is -2.27. The van der Waals surface area contributed by atoms with E-state index in [1.54, 1.807) is 19.1 Å². The van der Waals surface area contributed by atoms with Gasteiger partial charge in [-0.15, -0.1) is 11.3 Å². The minimum Gasteiger partial charge on any atom is -0.461 e. The van der Waals surface area contributed by atoms with Gasteiger partial charge in [-0.05, 0) is 38.0 Å². The molecule has 0 radical (unpaired) electrons. The van der Waals surface area contributed by atoms with Gasteiger partial charge < -0.3 is 4.74 Å². The Balaban J connectivity index is 2.05. The Labute approximate surface area is 154 Å². The molecule has 2 aromatic heterocycles. The van der Waals surface area contributed by atoms with Crippen LogP contribution in [0.15, 0.2) is 35.4 Å². The minimum absolute atomic E-state index is 0.191. The van der Waals surface area contributed by atoms with Gasteiger partial charge in [0.2, 0.25) is 0 Å². The van der Waals surface area contributed by atoms with Crippen molar-refractivity contribution in [2.24, 2.45) is 0 Å². The number of nitrogens with zero attached hydrogens (tertiary/aromatic N) is 2. The van der Waals surface area contributed by atoms with Crippen LogP contribution >= 0.6 is 11.3 Å². The largest absolute Gasteiger partial charge is 0.461 e. The number of aromatic nitrogens is 2. The lowest BCUT2D eigenvalue weighted by atomic mass is 10.0. The SMILES string of the molecule is CCC(C)OC(=O)Cn1cnc2sc(C)c(-c3ccc(F)cc3)c2c1=O. The van der Waals surface area contributed by atoms with Gasteiger partial charge in [0.15, 0.2) is 0 Å². The van der Waals surface area contributed by atoms with Gasteiger partial charge in [-0.1, -0.05) is 19.1 Å². The number of thiophene rings is 1. The van der Waals surface area contributed by atoms with E-state index in [0.29, 0.717) is 16.6 Å². The molecule has 0 aliphatic heterocycles. The summed E-state index contributed by atoms with van der Waals surface area (Å²) in [5, 5.41) is 0.443. The van der Waals surface area contributed by atoms with Crippen LogP contribution in [0.1, 0.15) is 25.1 Å². The number of carbonyl (C=O) groups is 1. The highest BCUT2D eigenvalue weighted by Gasteiger charge is 2.18. The third-order valence-electron chi connectivity index (χ3n) is 4.19. The van der Waals surface area contributed by atoms with Crippen LogP contribution in [0.2, 0.25) is 0 Å². The quantitative estimate of drug-likeness (QED) is 0.635. The molecular weight excluding hydrogens is 355 g/mol. The number of halogens is 1. The fourth-order valence-corrected chi connectivity index (χ4v) is 3.70. The van der Waals surface area contributed by atoms with Crippen molar-refractivity contribution in [1.82, 2.24) is 9.55 Å². The number of carbonyl (C=O) groups excluding carboxylic acids is 1. The molecule has 1 aromatic carbocycles. The number of benzene rings is 1. The summed E-state index contributed by atoms with van der Waals surface area (Å²) in [6.45, 7) is 5.42. The van der Waals surface area contributed by atoms with Crippen molar-refractivity contribution in [3.8, 4) is 11.1 Å². The Morgan fingerprint density at radius 3 is 2.69 bits per heavy atom. The van der Waals surface area contributed by atoms with Gasteiger partial charge in [-0.2, -0.15) is 0 Å². The van der Waals surface area contributed by atoms with Crippen molar-refractivity contribution in [1.29, 1.82) is 0 Å². The average molecular weight is 374 g/mol. The van der Waals surface area contributed by atoms with E-state index in [4.69, 9.17) is 4.74 Å².